The van der Waals surface area contributed by atoms with Gasteiger partial charge in [0, 0.05) is 7.05 Å². The summed E-state index contributed by atoms with van der Waals surface area (Å²) in [6.45, 7) is 0. The van der Waals surface area contributed by atoms with Crippen molar-refractivity contribution < 1.29 is 9.90 Å². The normalized spacial score (nSPS) is 20.9. The number of anilines is 2. The van der Waals surface area contributed by atoms with Crippen molar-refractivity contribution in [3.8, 4) is 0 Å². The molecular formula is C7H8N4O2. The maximum Gasteiger partial charge on any atom is 0.276 e. The largest absolute Gasteiger partial charge is 0.365 e. The van der Waals surface area contributed by atoms with Gasteiger partial charge < -0.3 is 15.3 Å². The Hall–Kier alpha value is -1.69. The van der Waals surface area contributed by atoms with Crippen LogP contribution in [0.2, 0.25) is 0 Å². The molecule has 6 nitrogen and oxygen atoms in total. The van der Waals surface area contributed by atoms with E-state index in [0.29, 0.717) is 11.5 Å². The summed E-state index contributed by atoms with van der Waals surface area (Å²) in [5, 5.41) is 11.8. The van der Waals surface area contributed by atoms with E-state index >= 15 is 0 Å². The minimum Gasteiger partial charge on any atom is -0.365 e. The third-order valence-corrected chi connectivity index (χ3v) is 1.89. The molecule has 1 aromatic rings. The minimum absolute atomic E-state index is 0.415. The van der Waals surface area contributed by atoms with Gasteiger partial charge in [-0.3, -0.25) is 4.79 Å². The quantitative estimate of drug-likeness (QED) is 0.545. The van der Waals surface area contributed by atoms with Crippen molar-refractivity contribution >= 4 is 17.4 Å². The minimum atomic E-state index is -1.22. The zero-order valence-electron chi connectivity index (χ0n) is 6.93. The van der Waals surface area contributed by atoms with Crippen molar-refractivity contribution in [2.45, 2.75) is 6.23 Å². The molecule has 0 fully saturated rings. The molecule has 0 aromatic carbocycles. The third kappa shape index (κ3) is 1.11. The molecular weight excluding hydrogens is 172 g/mol. The number of carbonyl (C=O) groups excluding carboxylic acids is 1. The standard InChI is InChI=1S/C7H8N4O2/c1-11-4-2-8-3-9-5(4)10-6(12)7(11)13/h2-3,6,12H,1H3,(H,8,9,10)/t6-/m1/s1. The average molecular weight is 180 g/mol. The van der Waals surface area contributed by atoms with Gasteiger partial charge in [-0.2, -0.15) is 0 Å². The van der Waals surface area contributed by atoms with E-state index in [9.17, 15) is 9.90 Å². The van der Waals surface area contributed by atoms with E-state index in [0.717, 1.165) is 0 Å². The van der Waals surface area contributed by atoms with E-state index in [1.165, 1.54) is 17.4 Å². The Kier molecular flexibility index (Phi) is 1.63. The van der Waals surface area contributed by atoms with Crippen molar-refractivity contribution in [3.63, 3.8) is 0 Å². The SMILES string of the molecule is CN1C(=O)[C@@H](O)Nc2ncncc21. The Morgan fingerprint density at radius 1 is 1.69 bits per heavy atom. The third-order valence-electron chi connectivity index (χ3n) is 1.89. The maximum atomic E-state index is 11.2. The molecule has 1 aliphatic rings. The van der Waals surface area contributed by atoms with Crippen LogP contribution in [0, 0.1) is 0 Å². The highest BCUT2D eigenvalue weighted by Gasteiger charge is 2.29. The maximum absolute atomic E-state index is 11.2. The predicted octanol–water partition coefficient (Wildman–Crippen LogP) is -0.817. The second-order valence-electron chi connectivity index (χ2n) is 2.70. The smallest absolute Gasteiger partial charge is 0.276 e. The summed E-state index contributed by atoms with van der Waals surface area (Å²) in [6.07, 6.45) is 1.65. The molecule has 2 heterocycles. The topological polar surface area (TPSA) is 78.4 Å². The molecule has 0 unspecified atom stereocenters. The molecule has 0 radical (unpaired) electrons. The molecule has 0 saturated carbocycles. The van der Waals surface area contributed by atoms with Crippen LogP contribution in [-0.4, -0.2) is 34.3 Å². The van der Waals surface area contributed by atoms with E-state index in [1.807, 2.05) is 0 Å². The van der Waals surface area contributed by atoms with Crippen LogP contribution < -0.4 is 10.2 Å². The van der Waals surface area contributed by atoms with Crippen LogP contribution in [0.5, 0.6) is 0 Å². The summed E-state index contributed by atoms with van der Waals surface area (Å²) in [5.41, 5.74) is 0.567. The van der Waals surface area contributed by atoms with Crippen molar-refractivity contribution in [1.82, 2.24) is 9.97 Å². The average Bonchev–Trinajstić information content (AvgIpc) is 2.15. The first kappa shape index (κ1) is 7.93. The molecule has 6 heteroatoms. The van der Waals surface area contributed by atoms with Gasteiger partial charge in [0.25, 0.3) is 5.91 Å². The summed E-state index contributed by atoms with van der Waals surface area (Å²) < 4.78 is 0. The van der Waals surface area contributed by atoms with E-state index in [-0.39, 0.29) is 0 Å². The van der Waals surface area contributed by atoms with Crippen molar-refractivity contribution in [1.29, 1.82) is 0 Å². The fraction of sp³-hybridized carbons (Fsp3) is 0.286. The number of carbonyl (C=O) groups is 1. The van der Waals surface area contributed by atoms with Gasteiger partial charge in [-0.1, -0.05) is 0 Å². The zero-order chi connectivity index (χ0) is 9.42. The number of rotatable bonds is 0. The number of aliphatic hydroxyl groups excluding tert-OH is 1. The first-order valence-corrected chi connectivity index (χ1v) is 3.72. The molecule has 1 aliphatic heterocycles. The lowest BCUT2D eigenvalue weighted by atomic mass is 10.3. The van der Waals surface area contributed by atoms with E-state index < -0.39 is 12.1 Å². The van der Waals surface area contributed by atoms with Gasteiger partial charge in [-0.05, 0) is 0 Å². The molecule has 68 valence electrons. The highest BCUT2D eigenvalue weighted by Crippen LogP contribution is 2.25. The van der Waals surface area contributed by atoms with Gasteiger partial charge in [0.1, 0.15) is 12.0 Å². The summed E-state index contributed by atoms with van der Waals surface area (Å²) in [6, 6.07) is 0. The Bertz CT molecular complexity index is 354. The molecule has 0 saturated heterocycles. The van der Waals surface area contributed by atoms with Gasteiger partial charge in [-0.15, -0.1) is 0 Å². The molecule has 0 aliphatic carbocycles. The summed E-state index contributed by atoms with van der Waals surface area (Å²) in [7, 11) is 1.56. The summed E-state index contributed by atoms with van der Waals surface area (Å²) >= 11 is 0. The second-order valence-corrected chi connectivity index (χ2v) is 2.70. The number of nitrogens with zero attached hydrogens (tertiary/aromatic N) is 3. The van der Waals surface area contributed by atoms with Crippen LogP contribution in [0.15, 0.2) is 12.5 Å². The summed E-state index contributed by atoms with van der Waals surface area (Å²) in [4.78, 5) is 20.2. The van der Waals surface area contributed by atoms with Crippen LogP contribution in [-0.2, 0) is 4.79 Å². The molecule has 0 spiro atoms. The molecule has 1 atom stereocenters. The van der Waals surface area contributed by atoms with E-state index in [1.54, 1.807) is 7.05 Å². The summed E-state index contributed by atoms with van der Waals surface area (Å²) in [5.74, 6) is 0.0481. The van der Waals surface area contributed by atoms with Crippen LogP contribution >= 0.6 is 0 Å². The van der Waals surface area contributed by atoms with Crippen LogP contribution in [0.25, 0.3) is 0 Å². The van der Waals surface area contributed by atoms with Gasteiger partial charge in [0.2, 0.25) is 6.23 Å². The fourth-order valence-electron chi connectivity index (χ4n) is 1.17. The van der Waals surface area contributed by atoms with Gasteiger partial charge in [0.15, 0.2) is 5.82 Å². The molecule has 2 N–H and O–H groups in total. The fourth-order valence-corrected chi connectivity index (χ4v) is 1.17. The van der Waals surface area contributed by atoms with Crippen molar-refractivity contribution in [2.24, 2.45) is 0 Å². The lowest BCUT2D eigenvalue weighted by Gasteiger charge is -2.28. The number of aromatic nitrogens is 2. The van der Waals surface area contributed by atoms with Crippen LogP contribution in [0.1, 0.15) is 0 Å². The lowest BCUT2D eigenvalue weighted by Crippen LogP contribution is -2.45. The Morgan fingerprint density at radius 3 is 3.23 bits per heavy atom. The number of hydrogen-bond acceptors (Lipinski definition) is 5. The van der Waals surface area contributed by atoms with E-state index in [2.05, 4.69) is 15.3 Å². The Labute approximate surface area is 74.2 Å². The van der Waals surface area contributed by atoms with Crippen LogP contribution in [0.3, 0.4) is 0 Å². The monoisotopic (exact) mass is 180 g/mol. The van der Waals surface area contributed by atoms with Crippen molar-refractivity contribution in [3.05, 3.63) is 12.5 Å². The first-order chi connectivity index (χ1) is 6.20. The van der Waals surface area contributed by atoms with Gasteiger partial charge >= 0.3 is 0 Å². The zero-order valence-corrected chi connectivity index (χ0v) is 6.93. The number of hydrogen-bond donors (Lipinski definition) is 2. The van der Waals surface area contributed by atoms with Gasteiger partial charge in [0.05, 0.1) is 6.20 Å². The molecule has 13 heavy (non-hydrogen) atoms. The van der Waals surface area contributed by atoms with Gasteiger partial charge in [-0.25, -0.2) is 9.97 Å². The van der Waals surface area contributed by atoms with E-state index in [4.69, 9.17) is 0 Å². The lowest BCUT2D eigenvalue weighted by molar-refractivity contribution is -0.125. The molecule has 2 rings (SSSR count). The Morgan fingerprint density at radius 2 is 2.46 bits per heavy atom. The highest BCUT2D eigenvalue weighted by molar-refractivity contribution is 6.02. The first-order valence-electron chi connectivity index (χ1n) is 3.72. The Balaban J connectivity index is 2.49. The predicted molar refractivity (Wildman–Crippen MR) is 45.1 cm³/mol. The number of nitrogens with one attached hydrogen (secondary N) is 1. The number of aliphatic hydroxyl groups is 1. The molecule has 1 amide bonds. The number of likely N-dealkylation sites (N-methyl/N-ethyl adjacent to an activating group) is 1. The van der Waals surface area contributed by atoms with Crippen molar-refractivity contribution in [2.75, 3.05) is 17.3 Å². The molecule has 0 bridgehead atoms. The number of amides is 1. The second kappa shape index (κ2) is 2.67. The number of fused-ring (bicyclic) bond motifs is 1. The molecule has 1 aromatic heterocycles. The van der Waals surface area contributed by atoms with Crippen LogP contribution in [0.4, 0.5) is 11.5 Å². The highest BCUT2D eigenvalue weighted by atomic mass is 16.3.